The van der Waals surface area contributed by atoms with Crippen LogP contribution in [0.4, 0.5) is 11.5 Å². The number of aliphatic hydroxyl groups excluding tert-OH is 1. The Balaban J connectivity index is 1.36. The predicted molar refractivity (Wildman–Crippen MR) is 128 cm³/mol. The monoisotopic (exact) mass is 500 g/mol. The van der Waals surface area contributed by atoms with Crippen LogP contribution in [0, 0.1) is 10.1 Å². The van der Waals surface area contributed by atoms with E-state index in [0.29, 0.717) is 49.7 Å². The van der Waals surface area contributed by atoms with Crippen LogP contribution in [0.1, 0.15) is 30.7 Å². The van der Waals surface area contributed by atoms with Crippen molar-refractivity contribution in [3.8, 4) is 11.5 Å². The van der Waals surface area contributed by atoms with E-state index in [0.717, 1.165) is 5.56 Å². The number of anilines is 1. The minimum atomic E-state index is -0.618. The molecule has 2 aliphatic rings. The molecule has 2 atom stereocenters. The quantitative estimate of drug-likeness (QED) is 0.225. The van der Waals surface area contributed by atoms with Crippen LogP contribution in [0.15, 0.2) is 48.4 Å². The third-order valence-corrected chi connectivity index (χ3v) is 5.64. The second kappa shape index (κ2) is 12.2. The number of nitro groups is 1. The van der Waals surface area contributed by atoms with Crippen molar-refractivity contribution in [1.29, 1.82) is 0 Å². The summed E-state index contributed by atoms with van der Waals surface area (Å²) in [5, 5.41) is 25.5. The van der Waals surface area contributed by atoms with E-state index in [1.165, 1.54) is 18.3 Å². The maximum Gasteiger partial charge on any atom is 0.287 e. The van der Waals surface area contributed by atoms with Crippen molar-refractivity contribution in [3.05, 3.63) is 64.0 Å². The number of aliphatic hydroxyl groups is 1. The number of pyridine rings is 1. The Morgan fingerprint density at radius 1 is 1.19 bits per heavy atom. The van der Waals surface area contributed by atoms with Gasteiger partial charge in [-0.1, -0.05) is 6.07 Å². The lowest BCUT2D eigenvalue weighted by Crippen LogP contribution is -2.35. The highest BCUT2D eigenvalue weighted by Crippen LogP contribution is 2.38. The Bertz CT molecular complexity index is 1090. The Labute approximate surface area is 207 Å². The van der Waals surface area contributed by atoms with E-state index in [-0.39, 0.29) is 43.2 Å². The molecule has 0 saturated heterocycles. The van der Waals surface area contributed by atoms with Gasteiger partial charge >= 0.3 is 0 Å². The molecule has 0 spiro atoms. The van der Waals surface area contributed by atoms with Gasteiger partial charge in [0.05, 0.1) is 11.5 Å². The van der Waals surface area contributed by atoms with Crippen molar-refractivity contribution < 1.29 is 33.8 Å². The smallest absolute Gasteiger partial charge is 0.287 e. The van der Waals surface area contributed by atoms with Gasteiger partial charge in [-0.05, 0) is 42.7 Å². The van der Waals surface area contributed by atoms with E-state index in [1.807, 2.05) is 18.2 Å². The van der Waals surface area contributed by atoms with E-state index in [2.05, 4.69) is 15.6 Å². The number of unbranched alkanes of at least 4 members (excludes halogenated alkanes) is 1. The number of nitrogens with zero attached hydrogens (tertiary/aromatic N) is 2. The summed E-state index contributed by atoms with van der Waals surface area (Å²) in [6, 6.07) is 8.52. The van der Waals surface area contributed by atoms with Gasteiger partial charge in [-0.2, -0.15) is 0 Å². The molecule has 3 N–H and O–H groups in total. The zero-order valence-electron chi connectivity index (χ0n) is 19.6. The third-order valence-electron chi connectivity index (χ3n) is 5.64. The Hall–Kier alpha value is -3.90. The van der Waals surface area contributed by atoms with Crippen LogP contribution in [-0.4, -0.2) is 60.3 Å². The fraction of sp³-hybridized carbons (Fsp3) is 0.417. The number of nitrogens with one attached hydrogen (secondary N) is 2. The number of ether oxygens (including phenoxy) is 4. The van der Waals surface area contributed by atoms with Gasteiger partial charge in [0.2, 0.25) is 13.1 Å². The van der Waals surface area contributed by atoms with Gasteiger partial charge in [0, 0.05) is 38.1 Å². The molecule has 1 aromatic carbocycles. The fourth-order valence-corrected chi connectivity index (χ4v) is 3.78. The molecular formula is C24H28N4O8. The van der Waals surface area contributed by atoms with Gasteiger partial charge in [0.25, 0.3) is 11.6 Å². The molecule has 192 valence electrons. The van der Waals surface area contributed by atoms with Crippen molar-refractivity contribution >= 4 is 17.4 Å². The lowest BCUT2D eigenvalue weighted by Gasteiger charge is -2.29. The van der Waals surface area contributed by atoms with Crippen LogP contribution >= 0.6 is 0 Å². The molecule has 12 heteroatoms. The minimum absolute atomic E-state index is 0.0890. The van der Waals surface area contributed by atoms with Crippen LogP contribution < -0.4 is 20.1 Å². The summed E-state index contributed by atoms with van der Waals surface area (Å²) in [5.41, 5.74) is 0.850. The van der Waals surface area contributed by atoms with Crippen molar-refractivity contribution in [2.24, 2.45) is 0 Å². The average Bonchev–Trinajstić information content (AvgIpc) is 3.37. The SMILES string of the molecule is O=C(NCCNc1ccc([N+](=O)[O-])cn1)C1=C[C@@H](c2ccc3c(c2)OCO3)C[C@@H](OCCCCO)O1. The Morgan fingerprint density at radius 2 is 2.06 bits per heavy atom. The van der Waals surface area contributed by atoms with Crippen molar-refractivity contribution in [3.63, 3.8) is 0 Å². The first-order chi connectivity index (χ1) is 17.5. The van der Waals surface area contributed by atoms with Crippen LogP contribution in [0.3, 0.4) is 0 Å². The first-order valence-corrected chi connectivity index (χ1v) is 11.7. The molecule has 0 unspecified atom stereocenters. The van der Waals surface area contributed by atoms with Gasteiger partial charge < -0.3 is 34.7 Å². The molecule has 0 aliphatic carbocycles. The Morgan fingerprint density at radius 3 is 2.83 bits per heavy atom. The number of carbonyl (C=O) groups excluding carboxylic acids is 1. The number of carbonyl (C=O) groups is 1. The first-order valence-electron chi connectivity index (χ1n) is 11.7. The first kappa shape index (κ1) is 25.2. The van der Waals surface area contributed by atoms with E-state index < -0.39 is 11.2 Å². The van der Waals surface area contributed by atoms with Crippen molar-refractivity contribution in [2.75, 3.05) is 38.4 Å². The molecule has 2 aliphatic heterocycles. The molecular weight excluding hydrogens is 472 g/mol. The summed E-state index contributed by atoms with van der Waals surface area (Å²) in [6.45, 7) is 1.30. The Kier molecular flexibility index (Phi) is 8.53. The average molecular weight is 501 g/mol. The second-order valence-electron chi connectivity index (χ2n) is 8.18. The maximum absolute atomic E-state index is 12.9. The summed E-state index contributed by atoms with van der Waals surface area (Å²) in [6.07, 6.45) is 4.14. The van der Waals surface area contributed by atoms with Crippen LogP contribution in [0.5, 0.6) is 11.5 Å². The minimum Gasteiger partial charge on any atom is -0.459 e. The molecule has 36 heavy (non-hydrogen) atoms. The fourth-order valence-electron chi connectivity index (χ4n) is 3.78. The lowest BCUT2D eigenvalue weighted by atomic mass is 9.92. The third kappa shape index (κ3) is 6.61. The van der Waals surface area contributed by atoms with Gasteiger partial charge in [-0.3, -0.25) is 14.9 Å². The maximum atomic E-state index is 12.9. The van der Waals surface area contributed by atoms with Crippen molar-refractivity contribution in [1.82, 2.24) is 10.3 Å². The molecule has 3 heterocycles. The largest absolute Gasteiger partial charge is 0.459 e. The van der Waals surface area contributed by atoms with E-state index in [1.54, 1.807) is 6.08 Å². The lowest BCUT2D eigenvalue weighted by molar-refractivity contribution is -0.385. The van der Waals surface area contributed by atoms with E-state index >= 15 is 0 Å². The van der Waals surface area contributed by atoms with Gasteiger partial charge in [-0.25, -0.2) is 4.98 Å². The zero-order chi connectivity index (χ0) is 25.3. The summed E-state index contributed by atoms with van der Waals surface area (Å²) in [5.74, 6) is 1.43. The molecule has 0 saturated carbocycles. The van der Waals surface area contributed by atoms with Crippen molar-refractivity contribution in [2.45, 2.75) is 31.5 Å². The molecule has 2 aromatic rings. The summed E-state index contributed by atoms with van der Waals surface area (Å²) >= 11 is 0. The van der Waals surface area contributed by atoms with Gasteiger partial charge in [0.15, 0.2) is 17.3 Å². The number of allylic oxidation sites excluding steroid dienone is 1. The highest BCUT2D eigenvalue weighted by atomic mass is 16.7. The van der Waals surface area contributed by atoms with Gasteiger partial charge in [-0.15, -0.1) is 0 Å². The summed E-state index contributed by atoms with van der Waals surface area (Å²) in [7, 11) is 0. The number of aromatic nitrogens is 1. The van der Waals surface area contributed by atoms with E-state index in [9.17, 15) is 14.9 Å². The topological polar surface area (TPSA) is 154 Å². The molecule has 1 amide bonds. The zero-order valence-corrected chi connectivity index (χ0v) is 19.6. The number of amides is 1. The van der Waals surface area contributed by atoms with Crippen LogP contribution in [0.2, 0.25) is 0 Å². The standard InChI is InChI=1S/C24H28N4O8/c29-9-1-2-10-33-23-13-17(16-3-5-19-20(11-16)35-15-34-19)12-21(36-23)24(30)26-8-7-25-22-6-4-18(14-27-22)28(31)32/h3-6,11-12,14,17,23,29H,1-2,7-10,13,15H2,(H,25,27)(H,26,30)/t17-,23+/m1/s1. The number of benzene rings is 1. The molecule has 4 rings (SSSR count). The molecule has 0 radical (unpaired) electrons. The molecule has 12 nitrogen and oxygen atoms in total. The normalized spacial score (nSPS) is 18.2. The van der Waals surface area contributed by atoms with E-state index in [4.69, 9.17) is 24.1 Å². The molecule has 0 fully saturated rings. The summed E-state index contributed by atoms with van der Waals surface area (Å²) in [4.78, 5) is 27.0. The number of hydrogen-bond donors (Lipinski definition) is 3. The number of fused-ring (bicyclic) bond motifs is 1. The van der Waals surface area contributed by atoms with Crippen LogP contribution in [0.25, 0.3) is 0 Å². The summed E-state index contributed by atoms with van der Waals surface area (Å²) < 4.78 is 22.6. The highest BCUT2D eigenvalue weighted by molar-refractivity contribution is 5.91. The van der Waals surface area contributed by atoms with Gasteiger partial charge in [0.1, 0.15) is 12.0 Å². The second-order valence-corrected chi connectivity index (χ2v) is 8.18. The number of rotatable bonds is 12. The highest BCUT2D eigenvalue weighted by Gasteiger charge is 2.29. The molecule has 1 aromatic heterocycles. The number of hydrogen-bond acceptors (Lipinski definition) is 10. The predicted octanol–water partition coefficient (Wildman–Crippen LogP) is 2.45. The van der Waals surface area contributed by atoms with Crippen LogP contribution in [-0.2, 0) is 14.3 Å². The molecule has 0 bridgehead atoms.